The molecule has 0 radical (unpaired) electrons. The second kappa shape index (κ2) is 7.68. The van der Waals surface area contributed by atoms with Crippen molar-refractivity contribution in [2.75, 3.05) is 10.6 Å². The number of hydrogen-bond acceptors (Lipinski definition) is 5. The van der Waals surface area contributed by atoms with E-state index >= 15 is 0 Å². The zero-order chi connectivity index (χ0) is 20.5. The molecule has 1 aliphatic rings. The van der Waals surface area contributed by atoms with Crippen molar-refractivity contribution < 1.29 is 9.59 Å². The molecular formula is C23H18N4O2S. The van der Waals surface area contributed by atoms with Gasteiger partial charge in [-0.15, -0.1) is 11.3 Å². The molecule has 2 aromatic heterocycles. The van der Waals surface area contributed by atoms with E-state index in [-0.39, 0.29) is 17.7 Å². The number of nitrogens with zero attached hydrogens (tertiary/aromatic N) is 2. The van der Waals surface area contributed by atoms with Crippen LogP contribution in [-0.2, 0) is 4.79 Å². The SMILES string of the molecule is O=C(Nc1ccc(-c2nc3ccccc3s2)cn1)c1ccc(NC(=O)C2CC2)cc1. The molecule has 4 aromatic rings. The molecule has 0 saturated heterocycles. The number of rotatable bonds is 5. The zero-order valence-corrected chi connectivity index (χ0v) is 16.8. The Morgan fingerprint density at radius 2 is 1.73 bits per heavy atom. The van der Waals surface area contributed by atoms with Crippen molar-refractivity contribution in [1.29, 1.82) is 0 Å². The summed E-state index contributed by atoms with van der Waals surface area (Å²) in [7, 11) is 0. The number of aromatic nitrogens is 2. The van der Waals surface area contributed by atoms with Gasteiger partial charge in [0.2, 0.25) is 5.91 Å². The van der Waals surface area contributed by atoms with Crippen LogP contribution in [0.15, 0.2) is 66.9 Å². The number of carbonyl (C=O) groups is 2. The topological polar surface area (TPSA) is 84.0 Å². The predicted octanol–water partition coefficient (Wildman–Crippen LogP) is 4.96. The van der Waals surface area contributed by atoms with Crippen LogP contribution in [0.25, 0.3) is 20.8 Å². The Morgan fingerprint density at radius 3 is 2.43 bits per heavy atom. The van der Waals surface area contributed by atoms with Crippen molar-refractivity contribution in [3.63, 3.8) is 0 Å². The van der Waals surface area contributed by atoms with Gasteiger partial charge in [-0.3, -0.25) is 9.59 Å². The summed E-state index contributed by atoms with van der Waals surface area (Å²) in [4.78, 5) is 33.3. The molecule has 148 valence electrons. The van der Waals surface area contributed by atoms with Crippen molar-refractivity contribution in [3.05, 3.63) is 72.4 Å². The summed E-state index contributed by atoms with van der Waals surface area (Å²) >= 11 is 1.61. The predicted molar refractivity (Wildman–Crippen MR) is 119 cm³/mol. The fraction of sp³-hybridized carbons (Fsp3) is 0.130. The van der Waals surface area contributed by atoms with Crippen LogP contribution in [0.1, 0.15) is 23.2 Å². The molecule has 2 amide bonds. The Bertz CT molecular complexity index is 1200. The van der Waals surface area contributed by atoms with Crippen molar-refractivity contribution >= 4 is 44.9 Å². The van der Waals surface area contributed by atoms with Gasteiger partial charge in [-0.25, -0.2) is 9.97 Å². The number of fused-ring (bicyclic) bond motifs is 1. The maximum Gasteiger partial charge on any atom is 0.256 e. The number of pyridine rings is 1. The number of thiazole rings is 1. The van der Waals surface area contributed by atoms with E-state index in [1.807, 2.05) is 30.3 Å². The molecule has 2 N–H and O–H groups in total. The van der Waals surface area contributed by atoms with Gasteiger partial charge in [-0.1, -0.05) is 12.1 Å². The minimum atomic E-state index is -0.254. The maximum absolute atomic E-state index is 12.5. The number of hydrogen-bond donors (Lipinski definition) is 2. The minimum Gasteiger partial charge on any atom is -0.326 e. The number of para-hydroxylation sites is 1. The van der Waals surface area contributed by atoms with Gasteiger partial charge in [0.15, 0.2) is 0 Å². The van der Waals surface area contributed by atoms with E-state index in [0.29, 0.717) is 17.1 Å². The highest BCUT2D eigenvalue weighted by molar-refractivity contribution is 7.21. The molecule has 0 unspecified atom stereocenters. The van der Waals surface area contributed by atoms with Gasteiger partial charge >= 0.3 is 0 Å². The molecule has 0 spiro atoms. The highest BCUT2D eigenvalue weighted by Crippen LogP contribution is 2.31. The lowest BCUT2D eigenvalue weighted by molar-refractivity contribution is -0.117. The summed E-state index contributed by atoms with van der Waals surface area (Å²) in [6.45, 7) is 0. The van der Waals surface area contributed by atoms with Gasteiger partial charge in [-0.05, 0) is 61.4 Å². The summed E-state index contributed by atoms with van der Waals surface area (Å²) in [5.41, 5.74) is 3.06. The van der Waals surface area contributed by atoms with E-state index < -0.39 is 0 Å². The summed E-state index contributed by atoms with van der Waals surface area (Å²) in [5.74, 6) is 0.403. The molecule has 6 nitrogen and oxygen atoms in total. The number of nitrogens with one attached hydrogen (secondary N) is 2. The Labute approximate surface area is 177 Å². The van der Waals surface area contributed by atoms with E-state index in [1.54, 1.807) is 47.9 Å². The first-order valence-electron chi connectivity index (χ1n) is 9.70. The summed E-state index contributed by atoms with van der Waals surface area (Å²) in [6.07, 6.45) is 3.62. The van der Waals surface area contributed by atoms with E-state index in [2.05, 4.69) is 20.6 Å². The van der Waals surface area contributed by atoms with Gasteiger partial charge in [0, 0.05) is 28.9 Å². The van der Waals surface area contributed by atoms with Gasteiger partial charge < -0.3 is 10.6 Å². The molecule has 0 atom stereocenters. The van der Waals surface area contributed by atoms with Crippen molar-refractivity contribution in [2.45, 2.75) is 12.8 Å². The highest BCUT2D eigenvalue weighted by Gasteiger charge is 2.29. The smallest absolute Gasteiger partial charge is 0.256 e. The van der Waals surface area contributed by atoms with Crippen LogP contribution in [0.5, 0.6) is 0 Å². The van der Waals surface area contributed by atoms with Crippen LogP contribution in [0, 0.1) is 5.92 Å². The third-order valence-corrected chi connectivity index (χ3v) is 5.99. The third kappa shape index (κ3) is 3.92. The molecular weight excluding hydrogens is 396 g/mol. The average Bonchev–Trinajstić information content (AvgIpc) is 3.53. The van der Waals surface area contributed by atoms with Crippen LogP contribution >= 0.6 is 11.3 Å². The van der Waals surface area contributed by atoms with E-state index in [4.69, 9.17) is 0 Å². The molecule has 5 rings (SSSR count). The first-order valence-corrected chi connectivity index (χ1v) is 10.5. The van der Waals surface area contributed by atoms with Crippen LogP contribution in [0.2, 0.25) is 0 Å². The maximum atomic E-state index is 12.5. The first kappa shape index (κ1) is 18.4. The molecule has 1 fully saturated rings. The van der Waals surface area contributed by atoms with E-state index in [0.717, 1.165) is 33.6 Å². The summed E-state index contributed by atoms with van der Waals surface area (Å²) in [6, 6.07) is 18.5. The Morgan fingerprint density at radius 1 is 0.933 bits per heavy atom. The monoisotopic (exact) mass is 414 g/mol. The molecule has 2 aromatic carbocycles. The van der Waals surface area contributed by atoms with Crippen LogP contribution < -0.4 is 10.6 Å². The number of carbonyl (C=O) groups excluding carboxylic acids is 2. The second-order valence-corrected chi connectivity index (χ2v) is 8.24. The first-order chi connectivity index (χ1) is 14.7. The molecule has 0 aliphatic heterocycles. The Hall–Kier alpha value is -3.58. The molecule has 30 heavy (non-hydrogen) atoms. The normalized spacial score (nSPS) is 13.2. The molecule has 7 heteroatoms. The molecule has 0 bridgehead atoms. The standard InChI is InChI=1S/C23H18N4O2S/c28-21(14-5-6-14)25-17-10-7-15(8-11-17)22(29)27-20-12-9-16(13-24-20)23-26-18-3-1-2-4-19(18)30-23/h1-4,7-14H,5-6H2,(H,25,28)(H,24,27,29). The third-order valence-electron chi connectivity index (χ3n) is 4.91. The number of benzene rings is 2. The minimum absolute atomic E-state index is 0.0459. The largest absolute Gasteiger partial charge is 0.326 e. The lowest BCUT2D eigenvalue weighted by Gasteiger charge is -2.07. The van der Waals surface area contributed by atoms with E-state index in [1.165, 1.54) is 0 Å². The average molecular weight is 414 g/mol. The van der Waals surface area contributed by atoms with Gasteiger partial charge in [0.25, 0.3) is 5.91 Å². The van der Waals surface area contributed by atoms with Gasteiger partial charge in [-0.2, -0.15) is 0 Å². The quantitative estimate of drug-likeness (QED) is 0.483. The summed E-state index contributed by atoms with van der Waals surface area (Å²) < 4.78 is 1.13. The van der Waals surface area contributed by atoms with Crippen molar-refractivity contribution in [1.82, 2.24) is 9.97 Å². The Kier molecular flexibility index (Phi) is 4.72. The van der Waals surface area contributed by atoms with Crippen molar-refractivity contribution in [2.24, 2.45) is 5.92 Å². The molecule has 1 saturated carbocycles. The fourth-order valence-electron chi connectivity index (χ4n) is 3.07. The lowest BCUT2D eigenvalue weighted by Crippen LogP contribution is -2.15. The van der Waals surface area contributed by atoms with Crippen LogP contribution in [-0.4, -0.2) is 21.8 Å². The van der Waals surface area contributed by atoms with Crippen LogP contribution in [0.4, 0.5) is 11.5 Å². The van der Waals surface area contributed by atoms with Gasteiger partial charge in [0.05, 0.1) is 10.2 Å². The number of amides is 2. The van der Waals surface area contributed by atoms with Gasteiger partial charge in [0.1, 0.15) is 10.8 Å². The Balaban J connectivity index is 1.25. The van der Waals surface area contributed by atoms with Crippen LogP contribution in [0.3, 0.4) is 0 Å². The lowest BCUT2D eigenvalue weighted by atomic mass is 10.2. The molecule has 1 aliphatic carbocycles. The highest BCUT2D eigenvalue weighted by atomic mass is 32.1. The van der Waals surface area contributed by atoms with E-state index in [9.17, 15) is 9.59 Å². The zero-order valence-electron chi connectivity index (χ0n) is 16.0. The second-order valence-electron chi connectivity index (χ2n) is 7.21. The fourth-order valence-corrected chi connectivity index (χ4v) is 4.03. The van der Waals surface area contributed by atoms with Crippen molar-refractivity contribution in [3.8, 4) is 10.6 Å². The number of anilines is 2. The summed E-state index contributed by atoms with van der Waals surface area (Å²) in [5, 5.41) is 6.55. The molecule has 2 heterocycles.